The van der Waals surface area contributed by atoms with Crippen LogP contribution in [0.3, 0.4) is 0 Å². The lowest BCUT2D eigenvalue weighted by Gasteiger charge is -2.23. The Bertz CT molecular complexity index is 1000. The van der Waals surface area contributed by atoms with Gasteiger partial charge in [0.25, 0.3) is 5.56 Å². The number of carbonyl (C=O) groups excluding carboxylic acids is 1. The van der Waals surface area contributed by atoms with Gasteiger partial charge in [-0.05, 0) is 31.2 Å². The molecule has 0 radical (unpaired) electrons. The Morgan fingerprint density at radius 3 is 2.59 bits per heavy atom. The van der Waals surface area contributed by atoms with Gasteiger partial charge in [-0.3, -0.25) is 9.59 Å². The number of hydrogen-bond donors (Lipinski definition) is 0. The monoisotopic (exact) mass is 378 g/mol. The van der Waals surface area contributed by atoms with Gasteiger partial charge in [0.1, 0.15) is 23.5 Å². The Morgan fingerprint density at radius 1 is 1.22 bits per heavy atom. The number of nitrogens with zero attached hydrogens (tertiary/aromatic N) is 2. The van der Waals surface area contributed by atoms with Gasteiger partial charge in [0, 0.05) is 18.6 Å². The van der Waals surface area contributed by atoms with Crippen LogP contribution in [0.5, 0.6) is 0 Å². The van der Waals surface area contributed by atoms with Crippen LogP contribution < -0.4 is 5.56 Å². The van der Waals surface area contributed by atoms with E-state index in [1.165, 1.54) is 11.9 Å². The van der Waals surface area contributed by atoms with Crippen molar-refractivity contribution >= 4 is 16.9 Å². The Kier molecular flexibility index (Phi) is 4.82. The highest BCUT2D eigenvalue weighted by Crippen LogP contribution is 2.27. The molecule has 0 aliphatic heterocycles. The number of alkyl halides is 3. The van der Waals surface area contributed by atoms with Crippen LogP contribution in [-0.2, 0) is 17.5 Å². The maximum absolute atomic E-state index is 12.9. The van der Waals surface area contributed by atoms with Crippen LogP contribution in [-0.4, -0.2) is 22.4 Å². The quantitative estimate of drug-likeness (QED) is 0.693. The number of hydrogen-bond acceptors (Lipinski definition) is 3. The van der Waals surface area contributed by atoms with Crippen molar-refractivity contribution in [1.82, 2.24) is 9.47 Å². The smallest absolute Gasteiger partial charge is 0.421 e. The first-order chi connectivity index (χ1) is 12.7. The fourth-order valence-electron chi connectivity index (χ4n) is 2.75. The predicted molar refractivity (Wildman–Crippen MR) is 93.1 cm³/mol. The molecule has 2 aromatic heterocycles. The fourth-order valence-corrected chi connectivity index (χ4v) is 2.75. The molecule has 2 heterocycles. The lowest BCUT2D eigenvalue weighted by Crippen LogP contribution is -2.37. The van der Waals surface area contributed by atoms with E-state index < -0.39 is 35.8 Å². The molecule has 27 heavy (non-hydrogen) atoms. The Hall–Kier alpha value is -3.03. The van der Waals surface area contributed by atoms with Gasteiger partial charge in [-0.1, -0.05) is 18.2 Å². The molecule has 0 spiro atoms. The summed E-state index contributed by atoms with van der Waals surface area (Å²) in [6.45, 7) is 1.24. The molecule has 0 saturated heterocycles. The predicted octanol–water partition coefficient (Wildman–Crippen LogP) is 3.83. The minimum absolute atomic E-state index is 0.452. The van der Waals surface area contributed by atoms with E-state index in [0.717, 1.165) is 22.2 Å². The number of furan rings is 1. The number of rotatable bonds is 4. The van der Waals surface area contributed by atoms with Gasteiger partial charge < -0.3 is 13.9 Å². The van der Waals surface area contributed by atoms with Crippen molar-refractivity contribution in [3.05, 3.63) is 70.3 Å². The minimum Gasteiger partial charge on any atom is -0.459 e. The van der Waals surface area contributed by atoms with Crippen molar-refractivity contribution in [2.75, 3.05) is 7.05 Å². The van der Waals surface area contributed by atoms with Crippen LogP contribution in [0.15, 0.2) is 57.9 Å². The fraction of sp³-hybridized carbons (Fsp3) is 0.263. The van der Waals surface area contributed by atoms with Gasteiger partial charge in [-0.15, -0.1) is 0 Å². The zero-order chi connectivity index (χ0) is 19.8. The van der Waals surface area contributed by atoms with Crippen molar-refractivity contribution in [2.45, 2.75) is 25.7 Å². The molecule has 8 heteroatoms. The molecule has 1 atom stereocenters. The van der Waals surface area contributed by atoms with Crippen molar-refractivity contribution < 1.29 is 22.4 Å². The second kappa shape index (κ2) is 6.94. The molecule has 1 aromatic carbocycles. The summed E-state index contributed by atoms with van der Waals surface area (Å²) < 4.78 is 45.0. The molecular formula is C19H17F3N2O3. The van der Waals surface area contributed by atoms with Crippen molar-refractivity contribution in [1.29, 1.82) is 0 Å². The first-order valence-corrected chi connectivity index (χ1v) is 8.19. The third-order valence-electron chi connectivity index (χ3n) is 4.46. The number of aromatic nitrogens is 1. The van der Waals surface area contributed by atoms with Crippen molar-refractivity contribution in [3.8, 4) is 0 Å². The van der Waals surface area contributed by atoms with Crippen LogP contribution in [0.2, 0.25) is 0 Å². The third-order valence-corrected chi connectivity index (χ3v) is 4.46. The summed E-state index contributed by atoms with van der Waals surface area (Å²) in [6.07, 6.45) is -3.61. The number of pyridine rings is 1. The summed E-state index contributed by atoms with van der Waals surface area (Å²) >= 11 is 0. The topological polar surface area (TPSA) is 55.5 Å². The van der Waals surface area contributed by atoms with Crippen LogP contribution in [0.25, 0.3) is 11.0 Å². The van der Waals surface area contributed by atoms with E-state index >= 15 is 0 Å². The highest BCUT2D eigenvalue weighted by molar-refractivity contribution is 5.79. The average Bonchev–Trinajstić information content (AvgIpc) is 3.05. The van der Waals surface area contributed by atoms with E-state index in [1.54, 1.807) is 19.1 Å². The normalized spacial score (nSPS) is 12.9. The van der Waals surface area contributed by atoms with Crippen LogP contribution in [0.4, 0.5) is 13.2 Å². The lowest BCUT2D eigenvalue weighted by atomic mass is 10.2. The summed E-state index contributed by atoms with van der Waals surface area (Å²) in [5.74, 6) is 0.0350. The van der Waals surface area contributed by atoms with Gasteiger partial charge in [-0.25, -0.2) is 0 Å². The SMILES string of the molecule is CC(c1cc2ccccc2o1)N(C)C(=O)Cn1cccc(C(F)(F)F)c1=O. The molecule has 3 aromatic rings. The molecule has 5 nitrogen and oxygen atoms in total. The first kappa shape index (κ1) is 18.8. The molecule has 0 bridgehead atoms. The zero-order valence-electron chi connectivity index (χ0n) is 14.7. The molecule has 3 rings (SSSR count). The number of amides is 1. The summed E-state index contributed by atoms with van der Waals surface area (Å²) in [6, 6.07) is 10.5. The molecule has 1 unspecified atom stereocenters. The van der Waals surface area contributed by atoms with E-state index in [1.807, 2.05) is 18.2 Å². The van der Waals surface area contributed by atoms with Gasteiger partial charge in [0.05, 0.1) is 6.04 Å². The minimum atomic E-state index is -4.77. The Labute approximate surface area is 152 Å². The number of halogens is 3. The maximum atomic E-state index is 12.9. The average molecular weight is 378 g/mol. The number of likely N-dealkylation sites (N-methyl/N-ethyl adjacent to an activating group) is 1. The summed E-state index contributed by atoms with van der Waals surface area (Å²) in [4.78, 5) is 25.8. The van der Waals surface area contributed by atoms with Crippen molar-refractivity contribution in [2.24, 2.45) is 0 Å². The van der Waals surface area contributed by atoms with E-state index in [4.69, 9.17) is 4.42 Å². The maximum Gasteiger partial charge on any atom is 0.421 e. The van der Waals surface area contributed by atoms with Crippen molar-refractivity contribution in [3.63, 3.8) is 0 Å². The molecule has 0 aliphatic carbocycles. The van der Waals surface area contributed by atoms with Crippen LogP contribution in [0.1, 0.15) is 24.3 Å². The third kappa shape index (κ3) is 3.74. The Balaban J connectivity index is 1.81. The van der Waals surface area contributed by atoms with E-state index in [-0.39, 0.29) is 0 Å². The number of carbonyl (C=O) groups is 1. The molecule has 1 amide bonds. The standard InChI is InChI=1S/C19H17F3N2O3/c1-12(16-10-13-6-3-4-8-15(13)27-16)23(2)17(25)11-24-9-5-7-14(18(24)26)19(20,21)22/h3-10,12H,11H2,1-2H3. The van der Waals surface area contributed by atoms with Gasteiger partial charge in [0.2, 0.25) is 5.91 Å². The summed E-state index contributed by atoms with van der Waals surface area (Å²) in [7, 11) is 1.51. The number of para-hydroxylation sites is 1. The van der Waals surface area contributed by atoms with Crippen LogP contribution in [0, 0.1) is 0 Å². The summed E-state index contributed by atoms with van der Waals surface area (Å²) in [5, 5.41) is 0.884. The second-order valence-electron chi connectivity index (χ2n) is 6.22. The molecule has 0 N–H and O–H groups in total. The van der Waals surface area contributed by atoms with E-state index in [2.05, 4.69) is 0 Å². The first-order valence-electron chi connectivity index (χ1n) is 8.19. The van der Waals surface area contributed by atoms with E-state index in [0.29, 0.717) is 17.4 Å². The van der Waals surface area contributed by atoms with Gasteiger partial charge in [-0.2, -0.15) is 13.2 Å². The van der Waals surface area contributed by atoms with Crippen LogP contribution >= 0.6 is 0 Å². The highest BCUT2D eigenvalue weighted by Gasteiger charge is 2.34. The second-order valence-corrected chi connectivity index (χ2v) is 6.22. The lowest BCUT2D eigenvalue weighted by molar-refractivity contribution is -0.139. The molecular weight excluding hydrogens is 361 g/mol. The van der Waals surface area contributed by atoms with Gasteiger partial charge in [0.15, 0.2) is 0 Å². The molecule has 0 aliphatic rings. The van der Waals surface area contributed by atoms with E-state index in [9.17, 15) is 22.8 Å². The molecule has 142 valence electrons. The Morgan fingerprint density at radius 2 is 1.93 bits per heavy atom. The molecule has 0 saturated carbocycles. The number of fused-ring (bicyclic) bond motifs is 1. The summed E-state index contributed by atoms with van der Waals surface area (Å²) in [5.41, 5.74) is -1.87. The van der Waals surface area contributed by atoms with Gasteiger partial charge >= 0.3 is 6.18 Å². The highest BCUT2D eigenvalue weighted by atomic mass is 19.4. The zero-order valence-corrected chi connectivity index (χ0v) is 14.7. The number of benzene rings is 1. The molecule has 0 fully saturated rings. The largest absolute Gasteiger partial charge is 0.459 e.